The van der Waals surface area contributed by atoms with E-state index >= 15 is 0 Å². The molecule has 0 aliphatic carbocycles. The second kappa shape index (κ2) is 41.3. The molecular weight excluding hydrogens is 1200 g/mol. The third kappa shape index (κ3) is 26.1. The number of hydrogen-bond donors (Lipinski definition) is 12. The number of hydrogen-bond acceptors (Lipinski definition) is 17. The van der Waals surface area contributed by atoms with Gasteiger partial charge in [0.2, 0.25) is 47.3 Å². The molecular formula is C68H106N10O15. The zero-order valence-corrected chi connectivity index (χ0v) is 56.3. The lowest BCUT2D eigenvalue weighted by Gasteiger charge is -2.31. The molecule has 25 heteroatoms. The molecule has 0 saturated carbocycles. The van der Waals surface area contributed by atoms with E-state index in [1.54, 1.807) is 48.6 Å². The van der Waals surface area contributed by atoms with Crippen molar-refractivity contribution in [1.29, 1.82) is 0 Å². The molecule has 2 aromatic rings. The van der Waals surface area contributed by atoms with E-state index in [1.807, 2.05) is 74.5 Å². The normalized spacial score (nSPS) is 20.8. The Balaban J connectivity index is 1.82. The summed E-state index contributed by atoms with van der Waals surface area (Å²) in [5.41, 5.74) is 7.47. The first-order chi connectivity index (χ1) is 44.2. The van der Waals surface area contributed by atoms with Crippen LogP contribution in [0.2, 0.25) is 0 Å². The Morgan fingerprint density at radius 1 is 0.634 bits per heavy atom. The van der Waals surface area contributed by atoms with Crippen LogP contribution in [0, 0.1) is 41.4 Å². The monoisotopic (exact) mass is 1300 g/mol. The first kappa shape index (κ1) is 79.8. The Morgan fingerprint density at radius 3 is 1.78 bits per heavy atom. The summed E-state index contributed by atoms with van der Waals surface area (Å²) in [6, 6.07) is 8.91. The molecule has 518 valence electrons. The second-order valence-electron chi connectivity index (χ2n) is 25.1. The number of amides is 8. The molecule has 1 saturated heterocycles. The summed E-state index contributed by atoms with van der Waals surface area (Å²) in [7, 11) is 1.61. The van der Waals surface area contributed by atoms with Crippen molar-refractivity contribution in [2.45, 2.75) is 214 Å². The predicted molar refractivity (Wildman–Crippen MR) is 349 cm³/mol. The van der Waals surface area contributed by atoms with Crippen molar-refractivity contribution >= 4 is 70.6 Å². The number of nitrogens with one attached hydrogen (secondary N) is 9. The fourth-order valence-electron chi connectivity index (χ4n) is 10.8. The maximum Gasteiger partial charge on any atom is 0.329 e. The number of ketones is 3. The molecule has 8 amide bonds. The average molecular weight is 1300 g/mol. The summed E-state index contributed by atoms with van der Waals surface area (Å²) < 4.78 is 5.85. The highest BCUT2D eigenvalue weighted by atomic mass is 16.5. The van der Waals surface area contributed by atoms with Crippen LogP contribution in [0.15, 0.2) is 60.7 Å². The zero-order chi connectivity index (χ0) is 69.5. The highest BCUT2D eigenvalue weighted by molar-refractivity contribution is 5.99. The number of ether oxygens (including phenoxy) is 1. The van der Waals surface area contributed by atoms with E-state index in [2.05, 4.69) is 47.9 Å². The van der Waals surface area contributed by atoms with Gasteiger partial charge in [0.15, 0.2) is 17.3 Å². The van der Waals surface area contributed by atoms with Gasteiger partial charge in [0.1, 0.15) is 36.3 Å². The second-order valence-corrected chi connectivity index (χ2v) is 25.1. The standard InChI is InChI=1S/C68H106N10O15/c1-12-39(5)48(35-53(81)49(29-30-56(69)84)72-66(90)52(38-80)74-67(91)58(41(7)14-3)76-65(89)51(70-11)33-45-24-18-16-19-25-45)63(87)75-57(40(6)13-2)55(83)34-47(37-79)62(86)78-60-44(10)93-68(92)59(42(8)15-4)77-64(88)50(73-61(85)43(9)32-54(60)82)28-22-23-31-71-36-46-26-20-17-21-27-46/h16-21,24-27,39-44,47-52,57-60,70-71,79-80H,12-15,22-23,28-38H2,1-11H3,(H2,69,84)(H,72,90)(H,73,85)(H,74,91)(H,75,87)(H,76,89)(H,77,88)(H,78,86)/t39-,40-,41-,42-,43+,44-,47-,48+,49+,50-,51+,52-,57-,58-,59-,60+/m0/s1. The van der Waals surface area contributed by atoms with Crippen molar-refractivity contribution in [2.75, 3.05) is 26.8 Å². The van der Waals surface area contributed by atoms with Crippen molar-refractivity contribution < 1.29 is 72.5 Å². The van der Waals surface area contributed by atoms with Gasteiger partial charge in [-0.25, -0.2) is 4.79 Å². The number of cyclic esters (lactones) is 1. The van der Waals surface area contributed by atoms with Crippen molar-refractivity contribution in [2.24, 2.45) is 47.2 Å². The van der Waals surface area contributed by atoms with Crippen LogP contribution >= 0.6 is 0 Å². The van der Waals surface area contributed by atoms with Crippen LogP contribution in [0.4, 0.5) is 0 Å². The lowest BCUT2D eigenvalue weighted by molar-refractivity contribution is -0.157. The molecule has 1 heterocycles. The van der Waals surface area contributed by atoms with Crippen LogP contribution in [0.1, 0.15) is 157 Å². The Hall–Kier alpha value is -7.48. The molecule has 2 aromatic carbocycles. The number of Topliss-reactive ketones (excluding diaryl/α,β-unsaturated/α-hetero) is 3. The Kier molecular flexibility index (Phi) is 35.4. The summed E-state index contributed by atoms with van der Waals surface area (Å²) in [6.45, 7) is 16.3. The molecule has 1 fully saturated rings. The summed E-state index contributed by atoms with van der Waals surface area (Å²) >= 11 is 0. The number of benzene rings is 2. The first-order valence-electron chi connectivity index (χ1n) is 33.1. The van der Waals surface area contributed by atoms with Gasteiger partial charge in [0.05, 0.1) is 37.3 Å². The summed E-state index contributed by atoms with van der Waals surface area (Å²) in [5, 5.41) is 46.2. The minimum Gasteiger partial charge on any atom is -0.458 e. The van der Waals surface area contributed by atoms with Gasteiger partial charge in [0, 0.05) is 44.1 Å². The molecule has 93 heavy (non-hydrogen) atoms. The van der Waals surface area contributed by atoms with Crippen molar-refractivity contribution in [1.82, 2.24) is 47.9 Å². The number of primary amides is 1. The van der Waals surface area contributed by atoms with Crippen LogP contribution in [0.25, 0.3) is 0 Å². The quantitative estimate of drug-likeness (QED) is 0.0337. The van der Waals surface area contributed by atoms with E-state index in [0.717, 1.165) is 11.1 Å². The van der Waals surface area contributed by atoms with E-state index < -0.39 is 205 Å². The molecule has 0 radical (unpaired) electrons. The smallest absolute Gasteiger partial charge is 0.329 e. The van der Waals surface area contributed by atoms with E-state index in [1.165, 1.54) is 13.8 Å². The van der Waals surface area contributed by atoms with Crippen molar-refractivity contribution in [3.8, 4) is 0 Å². The molecule has 16 atom stereocenters. The van der Waals surface area contributed by atoms with Gasteiger partial charge < -0.3 is 68.5 Å². The van der Waals surface area contributed by atoms with Gasteiger partial charge in [-0.1, -0.05) is 149 Å². The molecule has 0 bridgehead atoms. The predicted octanol–water partition coefficient (Wildman–Crippen LogP) is 2.30. The third-order valence-electron chi connectivity index (χ3n) is 18.0. The largest absolute Gasteiger partial charge is 0.458 e. The molecule has 0 spiro atoms. The van der Waals surface area contributed by atoms with E-state index in [4.69, 9.17) is 10.5 Å². The molecule has 13 N–H and O–H groups in total. The van der Waals surface area contributed by atoms with E-state index in [-0.39, 0.29) is 12.8 Å². The molecule has 0 unspecified atom stereocenters. The SMILES string of the molecule is CC[C@H](C)[C@H](NC(=O)[C@H](CC(=O)[C@@H](CCC(N)=O)NC(=O)[C@H](CO)NC(=O)[C@@H](NC(=O)[C@@H](Cc1ccccc1)NC)[C@@H](C)CC)[C@@H](C)CC)C(=O)C[C@@H](CO)C(=O)N[C@H]1C(=O)C[C@@H](C)C(=O)N[C@@H](CCCCNCc2ccccc2)C(=O)N[C@@H]([C@@H](C)CC)C(=O)O[C@H]1C. The lowest BCUT2D eigenvalue weighted by atomic mass is 9.83. The fraction of sp³-hybridized carbons (Fsp3) is 0.647. The maximum atomic E-state index is 14.5. The Labute approximate surface area is 548 Å². The van der Waals surface area contributed by atoms with Crippen molar-refractivity contribution in [3.63, 3.8) is 0 Å². The van der Waals surface area contributed by atoms with Crippen LogP contribution in [0.3, 0.4) is 0 Å². The fourth-order valence-corrected chi connectivity index (χ4v) is 10.8. The number of aliphatic hydroxyl groups is 2. The number of unbranched alkanes of at least 4 members (excludes halogenated alkanes) is 1. The number of rotatable bonds is 39. The minimum absolute atomic E-state index is 0.225. The molecule has 0 aromatic heterocycles. The molecule has 1 aliphatic rings. The highest BCUT2D eigenvalue weighted by Gasteiger charge is 2.41. The number of aliphatic hydroxyl groups excluding tert-OH is 2. The summed E-state index contributed by atoms with van der Waals surface area (Å²) in [5.74, 6) is -14.8. The maximum absolute atomic E-state index is 14.5. The Bertz CT molecular complexity index is 2770. The summed E-state index contributed by atoms with van der Waals surface area (Å²) in [6.07, 6.45) is -0.497. The highest BCUT2D eigenvalue weighted by Crippen LogP contribution is 2.25. The van der Waals surface area contributed by atoms with Gasteiger partial charge in [-0.2, -0.15) is 0 Å². The number of nitrogens with two attached hydrogens (primary N) is 1. The van der Waals surface area contributed by atoms with Gasteiger partial charge in [-0.15, -0.1) is 0 Å². The van der Waals surface area contributed by atoms with Crippen LogP contribution in [0.5, 0.6) is 0 Å². The van der Waals surface area contributed by atoms with Crippen LogP contribution in [-0.2, 0) is 75.2 Å². The van der Waals surface area contributed by atoms with Crippen molar-refractivity contribution in [3.05, 3.63) is 71.8 Å². The van der Waals surface area contributed by atoms with Gasteiger partial charge in [-0.3, -0.25) is 52.7 Å². The Morgan fingerprint density at radius 2 is 1.22 bits per heavy atom. The first-order valence-corrected chi connectivity index (χ1v) is 33.1. The number of carbonyl (C=O) groups excluding carboxylic acids is 12. The van der Waals surface area contributed by atoms with Crippen LogP contribution < -0.4 is 53.6 Å². The molecule has 25 nitrogen and oxygen atoms in total. The molecule has 3 rings (SSSR count). The lowest BCUT2D eigenvalue weighted by Crippen LogP contribution is -2.59. The average Bonchev–Trinajstić information content (AvgIpc) is 1.97. The number of esters is 1. The third-order valence-corrected chi connectivity index (χ3v) is 18.0. The van der Waals surface area contributed by atoms with Crippen LogP contribution in [-0.4, -0.2) is 162 Å². The van der Waals surface area contributed by atoms with Gasteiger partial charge in [-0.05, 0) is 87.4 Å². The van der Waals surface area contributed by atoms with Gasteiger partial charge >= 0.3 is 5.97 Å². The molecule has 1 aliphatic heterocycles. The summed E-state index contributed by atoms with van der Waals surface area (Å²) in [4.78, 5) is 167. The van der Waals surface area contributed by atoms with E-state index in [9.17, 15) is 67.7 Å². The number of carbonyl (C=O) groups is 12. The minimum atomic E-state index is -1.64. The number of likely N-dealkylation sites (N-methyl/N-ethyl adjacent to an activating group) is 1. The zero-order valence-electron chi connectivity index (χ0n) is 56.3. The topological polar surface area (TPSA) is 389 Å². The van der Waals surface area contributed by atoms with E-state index in [0.29, 0.717) is 58.0 Å². The van der Waals surface area contributed by atoms with Gasteiger partial charge in [0.25, 0.3) is 0 Å².